The van der Waals surface area contributed by atoms with Crippen molar-refractivity contribution in [3.05, 3.63) is 36.2 Å². The molecule has 0 amide bonds. The number of aryl methyl sites for hydroxylation is 1. The Bertz CT molecular complexity index is 655. The quantitative estimate of drug-likeness (QED) is 0.725. The predicted molar refractivity (Wildman–Crippen MR) is 66.1 cm³/mol. The standard InChI is InChI=1S/C11H13N7/c1-7-3-9-12-6-15-18(9)10(4-7)16-8(2)11-13-5-14-17-11/h3-6,8,16H,1-2H3,(H,13,14,17). The number of aromatic amines is 1. The highest BCUT2D eigenvalue weighted by Crippen LogP contribution is 2.18. The third-order valence-electron chi connectivity index (χ3n) is 2.73. The minimum absolute atomic E-state index is 0.0155. The maximum Gasteiger partial charge on any atom is 0.157 e. The first-order valence-corrected chi connectivity index (χ1v) is 5.66. The summed E-state index contributed by atoms with van der Waals surface area (Å²) in [5.74, 6) is 1.66. The lowest BCUT2D eigenvalue weighted by atomic mass is 10.2. The zero-order chi connectivity index (χ0) is 12.5. The molecule has 3 rings (SSSR count). The van der Waals surface area contributed by atoms with Gasteiger partial charge >= 0.3 is 0 Å². The van der Waals surface area contributed by atoms with Gasteiger partial charge in [-0.15, -0.1) is 0 Å². The van der Waals surface area contributed by atoms with Crippen LogP contribution in [-0.4, -0.2) is 29.8 Å². The lowest BCUT2D eigenvalue weighted by molar-refractivity contribution is 0.778. The smallest absolute Gasteiger partial charge is 0.157 e. The molecule has 0 fully saturated rings. The van der Waals surface area contributed by atoms with E-state index >= 15 is 0 Å². The molecule has 7 heteroatoms. The number of hydrogen-bond donors (Lipinski definition) is 2. The molecule has 0 saturated carbocycles. The van der Waals surface area contributed by atoms with Crippen LogP contribution in [0.2, 0.25) is 0 Å². The van der Waals surface area contributed by atoms with Crippen LogP contribution in [0.25, 0.3) is 5.65 Å². The third kappa shape index (κ3) is 1.79. The predicted octanol–water partition coefficient (Wildman–Crippen LogP) is 1.33. The largest absolute Gasteiger partial charge is 0.360 e. The summed E-state index contributed by atoms with van der Waals surface area (Å²) in [4.78, 5) is 8.31. The van der Waals surface area contributed by atoms with Crippen molar-refractivity contribution in [2.45, 2.75) is 19.9 Å². The molecular formula is C11H13N7. The minimum atomic E-state index is 0.0155. The van der Waals surface area contributed by atoms with Gasteiger partial charge in [0.2, 0.25) is 0 Å². The van der Waals surface area contributed by atoms with Crippen LogP contribution in [0, 0.1) is 6.92 Å². The van der Waals surface area contributed by atoms with Gasteiger partial charge in [-0.3, -0.25) is 5.10 Å². The highest BCUT2D eigenvalue weighted by atomic mass is 15.3. The molecule has 0 spiro atoms. The molecule has 18 heavy (non-hydrogen) atoms. The summed E-state index contributed by atoms with van der Waals surface area (Å²) < 4.78 is 1.76. The van der Waals surface area contributed by atoms with Gasteiger partial charge in [-0.2, -0.15) is 14.7 Å². The molecule has 3 aromatic rings. The van der Waals surface area contributed by atoms with E-state index in [1.54, 1.807) is 10.8 Å². The summed E-state index contributed by atoms with van der Waals surface area (Å²) in [5, 5.41) is 14.2. The maximum atomic E-state index is 4.19. The molecule has 7 nitrogen and oxygen atoms in total. The lowest BCUT2D eigenvalue weighted by Crippen LogP contribution is -2.12. The van der Waals surface area contributed by atoms with E-state index in [0.717, 1.165) is 22.9 Å². The number of pyridine rings is 1. The van der Waals surface area contributed by atoms with Crippen LogP contribution in [0.3, 0.4) is 0 Å². The fourth-order valence-corrected chi connectivity index (χ4v) is 1.87. The Morgan fingerprint density at radius 3 is 2.94 bits per heavy atom. The van der Waals surface area contributed by atoms with Crippen molar-refractivity contribution < 1.29 is 0 Å². The first kappa shape index (κ1) is 10.7. The van der Waals surface area contributed by atoms with Crippen molar-refractivity contribution in [2.24, 2.45) is 0 Å². The Morgan fingerprint density at radius 2 is 2.17 bits per heavy atom. The van der Waals surface area contributed by atoms with Gasteiger partial charge in [0.05, 0.1) is 6.04 Å². The SMILES string of the molecule is Cc1cc(NC(C)c2ncn[nH]2)n2ncnc2c1. The molecule has 0 radical (unpaired) electrons. The molecule has 0 aliphatic heterocycles. The molecule has 3 aromatic heterocycles. The van der Waals surface area contributed by atoms with Crippen molar-refractivity contribution in [3.8, 4) is 0 Å². The summed E-state index contributed by atoms with van der Waals surface area (Å²) in [6.07, 6.45) is 3.04. The van der Waals surface area contributed by atoms with Crippen molar-refractivity contribution in [1.82, 2.24) is 29.8 Å². The van der Waals surface area contributed by atoms with E-state index in [4.69, 9.17) is 0 Å². The number of nitrogens with one attached hydrogen (secondary N) is 2. The maximum absolute atomic E-state index is 4.19. The fraction of sp³-hybridized carbons (Fsp3) is 0.273. The highest BCUT2D eigenvalue weighted by molar-refractivity contribution is 5.51. The summed E-state index contributed by atoms with van der Waals surface area (Å²) in [6, 6.07) is 4.02. The van der Waals surface area contributed by atoms with Crippen LogP contribution in [0.5, 0.6) is 0 Å². The average molecular weight is 243 g/mol. The van der Waals surface area contributed by atoms with Gasteiger partial charge in [0.15, 0.2) is 5.65 Å². The van der Waals surface area contributed by atoms with Crippen LogP contribution >= 0.6 is 0 Å². The number of hydrogen-bond acceptors (Lipinski definition) is 5. The molecule has 1 unspecified atom stereocenters. The summed E-state index contributed by atoms with van der Waals surface area (Å²) >= 11 is 0. The van der Waals surface area contributed by atoms with E-state index in [0.29, 0.717) is 0 Å². The normalized spacial score (nSPS) is 12.8. The molecule has 0 aliphatic carbocycles. The van der Waals surface area contributed by atoms with Crippen LogP contribution in [0.4, 0.5) is 5.82 Å². The van der Waals surface area contributed by atoms with Gasteiger partial charge in [0, 0.05) is 0 Å². The second-order valence-electron chi connectivity index (χ2n) is 4.18. The van der Waals surface area contributed by atoms with Gasteiger partial charge in [-0.1, -0.05) is 0 Å². The van der Waals surface area contributed by atoms with E-state index in [-0.39, 0.29) is 6.04 Å². The van der Waals surface area contributed by atoms with Crippen molar-refractivity contribution in [2.75, 3.05) is 5.32 Å². The van der Waals surface area contributed by atoms with E-state index in [9.17, 15) is 0 Å². The molecular weight excluding hydrogens is 230 g/mol. The first-order valence-electron chi connectivity index (χ1n) is 5.66. The summed E-state index contributed by atoms with van der Waals surface area (Å²) in [5.41, 5.74) is 1.95. The van der Waals surface area contributed by atoms with Gasteiger partial charge in [-0.05, 0) is 31.5 Å². The number of anilines is 1. The second kappa shape index (κ2) is 4.10. The van der Waals surface area contributed by atoms with Crippen molar-refractivity contribution in [3.63, 3.8) is 0 Å². The molecule has 0 bridgehead atoms. The number of aromatic nitrogens is 6. The topological polar surface area (TPSA) is 83.8 Å². The van der Waals surface area contributed by atoms with Crippen LogP contribution in [0.1, 0.15) is 24.4 Å². The molecule has 2 N–H and O–H groups in total. The molecule has 0 saturated heterocycles. The van der Waals surface area contributed by atoms with Gasteiger partial charge in [0.1, 0.15) is 24.3 Å². The highest BCUT2D eigenvalue weighted by Gasteiger charge is 2.11. The molecule has 92 valence electrons. The van der Waals surface area contributed by atoms with E-state index in [1.165, 1.54) is 6.33 Å². The zero-order valence-corrected chi connectivity index (χ0v) is 10.1. The second-order valence-corrected chi connectivity index (χ2v) is 4.18. The Morgan fingerprint density at radius 1 is 1.28 bits per heavy atom. The lowest BCUT2D eigenvalue weighted by Gasteiger charge is -2.13. The molecule has 0 aromatic carbocycles. The Hall–Kier alpha value is -2.44. The fourth-order valence-electron chi connectivity index (χ4n) is 1.87. The van der Waals surface area contributed by atoms with Gasteiger partial charge in [-0.25, -0.2) is 9.97 Å². The average Bonchev–Trinajstić information content (AvgIpc) is 2.98. The van der Waals surface area contributed by atoms with Gasteiger partial charge in [0.25, 0.3) is 0 Å². The van der Waals surface area contributed by atoms with Crippen LogP contribution < -0.4 is 5.32 Å². The van der Waals surface area contributed by atoms with Crippen LogP contribution in [-0.2, 0) is 0 Å². The monoisotopic (exact) mass is 243 g/mol. The summed E-state index contributed by atoms with van der Waals surface area (Å²) in [6.45, 7) is 4.03. The first-order chi connectivity index (χ1) is 8.74. The number of nitrogens with zero attached hydrogens (tertiary/aromatic N) is 5. The van der Waals surface area contributed by atoms with E-state index in [2.05, 4.69) is 30.6 Å². The summed E-state index contributed by atoms with van der Waals surface area (Å²) in [7, 11) is 0. The number of fused-ring (bicyclic) bond motifs is 1. The van der Waals surface area contributed by atoms with Crippen LogP contribution in [0.15, 0.2) is 24.8 Å². The third-order valence-corrected chi connectivity index (χ3v) is 2.73. The van der Waals surface area contributed by atoms with Crippen molar-refractivity contribution in [1.29, 1.82) is 0 Å². The van der Waals surface area contributed by atoms with Gasteiger partial charge < -0.3 is 5.32 Å². The molecule has 1 atom stereocenters. The minimum Gasteiger partial charge on any atom is -0.360 e. The Kier molecular flexibility index (Phi) is 2.44. The number of H-pyrrole nitrogens is 1. The van der Waals surface area contributed by atoms with E-state index in [1.807, 2.05) is 26.0 Å². The van der Waals surface area contributed by atoms with Crippen molar-refractivity contribution >= 4 is 11.5 Å². The molecule has 3 heterocycles. The number of rotatable bonds is 3. The molecule has 0 aliphatic rings. The Balaban J connectivity index is 1.97. The van der Waals surface area contributed by atoms with E-state index < -0.39 is 0 Å². The zero-order valence-electron chi connectivity index (χ0n) is 10.1. The Labute approximate surface area is 103 Å².